The topological polar surface area (TPSA) is 70.2 Å². The van der Waals surface area contributed by atoms with Gasteiger partial charge in [0.2, 0.25) is 5.91 Å². The second-order valence-electron chi connectivity index (χ2n) is 6.98. The van der Waals surface area contributed by atoms with Crippen molar-refractivity contribution in [3.63, 3.8) is 0 Å². The van der Waals surface area contributed by atoms with Crippen LogP contribution >= 0.6 is 0 Å². The summed E-state index contributed by atoms with van der Waals surface area (Å²) in [5.74, 6) is -3.23. The summed E-state index contributed by atoms with van der Waals surface area (Å²) in [6.45, 7) is 0. The predicted octanol–water partition coefficient (Wildman–Crippen LogP) is 4.28. The normalized spacial score (nSPS) is 23.2. The molecule has 1 aromatic carbocycles. The van der Waals surface area contributed by atoms with Crippen molar-refractivity contribution in [1.29, 1.82) is 0 Å². The van der Waals surface area contributed by atoms with Crippen LogP contribution in [0.4, 0.5) is 29.3 Å². The molecule has 2 atom stereocenters. The van der Waals surface area contributed by atoms with Gasteiger partial charge in [-0.1, -0.05) is 12.8 Å². The van der Waals surface area contributed by atoms with E-state index in [1.54, 1.807) is 24.3 Å². The standard InChI is InChI=1S/C18H22F3N3O2/c19-18(20,21)15-4-2-1-3-14(15)16(25)22-11-5-7-12(8-6-11)23-17(26)24-13-9-10-13/h5-8,13-15H,1-4,9-10H2,(H,22,25)(H2,23,24,26). The first kappa shape index (κ1) is 18.5. The van der Waals surface area contributed by atoms with Crippen LogP contribution in [0.1, 0.15) is 38.5 Å². The molecule has 8 heteroatoms. The Bertz CT molecular complexity index is 657. The molecule has 0 radical (unpaired) electrons. The van der Waals surface area contributed by atoms with Crippen molar-refractivity contribution in [2.24, 2.45) is 11.8 Å². The number of hydrogen-bond acceptors (Lipinski definition) is 2. The Kier molecular flexibility index (Phi) is 5.38. The Morgan fingerprint density at radius 1 is 0.885 bits per heavy atom. The van der Waals surface area contributed by atoms with E-state index in [0.29, 0.717) is 24.2 Å². The molecule has 26 heavy (non-hydrogen) atoms. The summed E-state index contributed by atoms with van der Waals surface area (Å²) >= 11 is 0. The van der Waals surface area contributed by atoms with Gasteiger partial charge in [-0.15, -0.1) is 0 Å². The second kappa shape index (κ2) is 7.55. The molecule has 2 saturated carbocycles. The third kappa shape index (κ3) is 4.89. The number of anilines is 2. The molecule has 0 spiro atoms. The highest BCUT2D eigenvalue weighted by Crippen LogP contribution is 2.41. The molecule has 3 N–H and O–H groups in total. The zero-order valence-electron chi connectivity index (χ0n) is 14.2. The van der Waals surface area contributed by atoms with E-state index in [0.717, 1.165) is 12.8 Å². The maximum atomic E-state index is 13.1. The number of halogens is 3. The van der Waals surface area contributed by atoms with Crippen molar-refractivity contribution < 1.29 is 22.8 Å². The van der Waals surface area contributed by atoms with Crippen LogP contribution in [0.5, 0.6) is 0 Å². The molecule has 2 fully saturated rings. The van der Waals surface area contributed by atoms with E-state index in [1.165, 1.54) is 0 Å². The van der Waals surface area contributed by atoms with Crippen LogP contribution in [0.25, 0.3) is 0 Å². The fourth-order valence-electron chi connectivity index (χ4n) is 3.29. The number of amides is 3. The summed E-state index contributed by atoms with van der Waals surface area (Å²) in [5.41, 5.74) is 0.960. The van der Waals surface area contributed by atoms with Crippen LogP contribution < -0.4 is 16.0 Å². The molecule has 1 aromatic rings. The van der Waals surface area contributed by atoms with Crippen molar-refractivity contribution in [3.8, 4) is 0 Å². The molecule has 3 rings (SSSR count). The van der Waals surface area contributed by atoms with Crippen LogP contribution in [-0.4, -0.2) is 24.2 Å². The average molecular weight is 369 g/mol. The lowest BCUT2D eigenvalue weighted by atomic mass is 9.78. The predicted molar refractivity (Wildman–Crippen MR) is 91.8 cm³/mol. The molecular formula is C18H22F3N3O2. The van der Waals surface area contributed by atoms with Crippen LogP contribution in [0.15, 0.2) is 24.3 Å². The second-order valence-corrected chi connectivity index (χ2v) is 6.98. The van der Waals surface area contributed by atoms with E-state index in [9.17, 15) is 22.8 Å². The Labute approximate surface area is 149 Å². The van der Waals surface area contributed by atoms with E-state index >= 15 is 0 Å². The first-order valence-electron chi connectivity index (χ1n) is 8.88. The quantitative estimate of drug-likeness (QED) is 0.741. The van der Waals surface area contributed by atoms with Gasteiger partial charge in [-0.2, -0.15) is 13.2 Å². The number of hydrogen-bond donors (Lipinski definition) is 3. The van der Waals surface area contributed by atoms with Gasteiger partial charge < -0.3 is 16.0 Å². The molecule has 3 amide bonds. The third-order valence-electron chi connectivity index (χ3n) is 4.85. The van der Waals surface area contributed by atoms with Gasteiger partial charge in [-0.25, -0.2) is 4.79 Å². The van der Waals surface area contributed by atoms with E-state index in [4.69, 9.17) is 0 Å². The minimum Gasteiger partial charge on any atom is -0.335 e. The van der Waals surface area contributed by atoms with Gasteiger partial charge in [0.05, 0.1) is 5.92 Å². The molecule has 2 unspecified atom stereocenters. The number of rotatable bonds is 4. The fourth-order valence-corrected chi connectivity index (χ4v) is 3.29. The van der Waals surface area contributed by atoms with Crippen LogP contribution in [0, 0.1) is 11.8 Å². The molecule has 0 aliphatic heterocycles. The monoisotopic (exact) mass is 369 g/mol. The smallest absolute Gasteiger partial charge is 0.335 e. The molecular weight excluding hydrogens is 347 g/mol. The molecule has 0 saturated heterocycles. The fraction of sp³-hybridized carbons (Fsp3) is 0.556. The van der Waals surface area contributed by atoms with Gasteiger partial charge in [-0.3, -0.25) is 4.79 Å². The highest BCUT2D eigenvalue weighted by molar-refractivity contribution is 5.94. The zero-order chi connectivity index (χ0) is 18.7. The zero-order valence-corrected chi connectivity index (χ0v) is 14.2. The molecule has 5 nitrogen and oxygen atoms in total. The van der Waals surface area contributed by atoms with Gasteiger partial charge in [0.15, 0.2) is 0 Å². The highest BCUT2D eigenvalue weighted by atomic mass is 19.4. The summed E-state index contributed by atoms with van der Waals surface area (Å²) < 4.78 is 39.4. The Morgan fingerprint density at radius 3 is 2.04 bits per heavy atom. The minimum absolute atomic E-state index is 0.000546. The first-order chi connectivity index (χ1) is 12.3. The van der Waals surface area contributed by atoms with E-state index < -0.39 is 23.9 Å². The number of benzene rings is 1. The van der Waals surface area contributed by atoms with Crippen LogP contribution in [0.3, 0.4) is 0 Å². The van der Waals surface area contributed by atoms with E-state index in [2.05, 4.69) is 16.0 Å². The summed E-state index contributed by atoms with van der Waals surface area (Å²) in [4.78, 5) is 24.0. The Morgan fingerprint density at radius 2 is 1.46 bits per heavy atom. The maximum absolute atomic E-state index is 13.1. The van der Waals surface area contributed by atoms with Crippen LogP contribution in [0.2, 0.25) is 0 Å². The molecule has 0 bridgehead atoms. The Balaban J connectivity index is 1.57. The summed E-state index contributed by atoms with van der Waals surface area (Å²) in [6.07, 6.45) is -1.01. The number of urea groups is 1. The van der Waals surface area contributed by atoms with Gasteiger partial charge in [0.25, 0.3) is 0 Å². The lowest BCUT2D eigenvalue weighted by Gasteiger charge is -2.32. The maximum Gasteiger partial charge on any atom is 0.392 e. The van der Waals surface area contributed by atoms with Gasteiger partial charge in [0, 0.05) is 23.3 Å². The summed E-state index contributed by atoms with van der Waals surface area (Å²) in [7, 11) is 0. The highest BCUT2D eigenvalue weighted by Gasteiger charge is 2.48. The van der Waals surface area contributed by atoms with Crippen molar-refractivity contribution >= 4 is 23.3 Å². The molecule has 0 aromatic heterocycles. The summed E-state index contributed by atoms with van der Waals surface area (Å²) in [6, 6.07) is 6.28. The molecule has 142 valence electrons. The van der Waals surface area contributed by atoms with Crippen molar-refractivity contribution in [3.05, 3.63) is 24.3 Å². The molecule has 2 aliphatic rings. The first-order valence-corrected chi connectivity index (χ1v) is 8.88. The number of carbonyl (C=O) groups excluding carboxylic acids is 2. The number of nitrogens with one attached hydrogen (secondary N) is 3. The third-order valence-corrected chi connectivity index (χ3v) is 4.85. The largest absolute Gasteiger partial charge is 0.392 e. The van der Waals surface area contributed by atoms with Crippen LogP contribution in [-0.2, 0) is 4.79 Å². The summed E-state index contributed by atoms with van der Waals surface area (Å²) in [5, 5.41) is 8.03. The van der Waals surface area contributed by atoms with Gasteiger partial charge >= 0.3 is 12.2 Å². The van der Waals surface area contributed by atoms with E-state index in [1.807, 2.05) is 0 Å². The van der Waals surface area contributed by atoms with Gasteiger partial charge in [0.1, 0.15) is 0 Å². The minimum atomic E-state index is -4.36. The van der Waals surface area contributed by atoms with Crippen molar-refractivity contribution in [2.45, 2.75) is 50.7 Å². The lowest BCUT2D eigenvalue weighted by molar-refractivity contribution is -0.197. The Hall–Kier alpha value is -2.25. The van der Waals surface area contributed by atoms with Crippen molar-refractivity contribution in [1.82, 2.24) is 5.32 Å². The number of alkyl halides is 3. The molecule has 0 heterocycles. The average Bonchev–Trinajstić information content (AvgIpc) is 3.39. The van der Waals surface area contributed by atoms with Gasteiger partial charge in [-0.05, 0) is 49.9 Å². The number of carbonyl (C=O) groups is 2. The molecule has 2 aliphatic carbocycles. The van der Waals surface area contributed by atoms with E-state index in [-0.39, 0.29) is 24.9 Å². The SMILES string of the molecule is O=C(Nc1ccc(NC(=O)C2CCCCC2C(F)(F)F)cc1)NC1CC1. The van der Waals surface area contributed by atoms with Crippen molar-refractivity contribution in [2.75, 3.05) is 10.6 Å². The lowest BCUT2D eigenvalue weighted by Crippen LogP contribution is -2.39.